The molecule has 2 rings (SSSR count). The molecule has 0 spiro atoms. The number of Topliss-reactive ketones (excluding diaryl/α,β-unsaturated/α-hetero) is 1. The van der Waals surface area contributed by atoms with Crippen LogP contribution >= 0.6 is 0 Å². The van der Waals surface area contributed by atoms with Crippen LogP contribution in [0.5, 0.6) is 0 Å². The Labute approximate surface area is 127 Å². The molecular formula is C18H25NO2. The first-order valence-electron chi connectivity index (χ1n) is 7.69. The Hall–Kier alpha value is -1.64. The lowest BCUT2D eigenvalue weighted by atomic mass is 9.84. The van der Waals surface area contributed by atoms with Gasteiger partial charge in [-0.05, 0) is 23.8 Å². The van der Waals surface area contributed by atoms with E-state index < -0.39 is 0 Å². The summed E-state index contributed by atoms with van der Waals surface area (Å²) in [5.74, 6) is 0.384. The van der Waals surface area contributed by atoms with Gasteiger partial charge in [-0.25, -0.2) is 0 Å². The van der Waals surface area contributed by atoms with E-state index in [1.807, 2.05) is 17.0 Å². The van der Waals surface area contributed by atoms with Crippen LogP contribution in [0.3, 0.4) is 0 Å². The second-order valence-electron chi connectivity index (χ2n) is 6.97. The van der Waals surface area contributed by atoms with Crippen LogP contribution in [0.15, 0.2) is 24.3 Å². The highest BCUT2D eigenvalue weighted by atomic mass is 16.2. The smallest absolute Gasteiger partial charge is 0.219 e. The molecule has 3 heteroatoms. The molecule has 0 bridgehead atoms. The van der Waals surface area contributed by atoms with Gasteiger partial charge in [0.1, 0.15) is 0 Å². The lowest BCUT2D eigenvalue weighted by Crippen LogP contribution is -2.39. The van der Waals surface area contributed by atoms with Crippen molar-refractivity contribution in [1.82, 2.24) is 4.90 Å². The maximum atomic E-state index is 12.5. The summed E-state index contributed by atoms with van der Waals surface area (Å²) in [6, 6.07) is 8.00. The number of likely N-dealkylation sites (tertiary alicyclic amines) is 1. The van der Waals surface area contributed by atoms with Gasteiger partial charge in [-0.1, -0.05) is 45.0 Å². The molecule has 1 aromatic rings. The predicted octanol–water partition coefficient (Wildman–Crippen LogP) is 3.43. The van der Waals surface area contributed by atoms with Gasteiger partial charge in [0.25, 0.3) is 0 Å². The lowest BCUT2D eigenvalue weighted by molar-refractivity contribution is -0.130. The Morgan fingerprint density at radius 3 is 2.00 bits per heavy atom. The summed E-state index contributed by atoms with van der Waals surface area (Å²) < 4.78 is 0. The van der Waals surface area contributed by atoms with Crippen molar-refractivity contribution in [1.29, 1.82) is 0 Å². The van der Waals surface area contributed by atoms with Gasteiger partial charge < -0.3 is 4.90 Å². The van der Waals surface area contributed by atoms with Gasteiger partial charge in [0.2, 0.25) is 5.91 Å². The van der Waals surface area contributed by atoms with Crippen LogP contribution in [0, 0.1) is 5.92 Å². The highest BCUT2D eigenvalue weighted by Crippen LogP contribution is 2.25. The summed E-state index contributed by atoms with van der Waals surface area (Å²) in [4.78, 5) is 25.7. The molecule has 0 atom stereocenters. The van der Waals surface area contributed by atoms with Crippen LogP contribution < -0.4 is 0 Å². The molecule has 1 heterocycles. The van der Waals surface area contributed by atoms with E-state index in [1.165, 1.54) is 5.56 Å². The lowest BCUT2D eigenvalue weighted by Gasteiger charge is -2.30. The fraction of sp³-hybridized carbons (Fsp3) is 0.556. The van der Waals surface area contributed by atoms with Gasteiger partial charge in [-0.2, -0.15) is 0 Å². The van der Waals surface area contributed by atoms with Crippen molar-refractivity contribution in [2.45, 2.75) is 46.0 Å². The average Bonchev–Trinajstić information content (AvgIpc) is 2.46. The Balaban J connectivity index is 2.03. The zero-order chi connectivity index (χ0) is 15.6. The Morgan fingerprint density at radius 1 is 1.05 bits per heavy atom. The average molecular weight is 287 g/mol. The molecule has 1 aromatic carbocycles. The zero-order valence-corrected chi connectivity index (χ0v) is 13.5. The number of ketones is 1. The Bertz CT molecular complexity index is 517. The monoisotopic (exact) mass is 287 g/mol. The standard InChI is InChI=1S/C18H25NO2/c1-13(20)19-11-9-15(10-12-19)17(21)14-5-7-16(8-6-14)18(2,3)4/h5-8,15H,9-12H2,1-4H3. The van der Waals surface area contributed by atoms with Crippen LogP contribution in [-0.4, -0.2) is 29.7 Å². The molecule has 0 aliphatic carbocycles. The number of amides is 1. The van der Waals surface area contributed by atoms with E-state index in [9.17, 15) is 9.59 Å². The number of nitrogens with zero attached hydrogens (tertiary/aromatic N) is 1. The first kappa shape index (κ1) is 15.7. The third-order valence-corrected chi connectivity index (χ3v) is 4.35. The number of carbonyl (C=O) groups excluding carboxylic acids is 2. The summed E-state index contributed by atoms with van der Waals surface area (Å²) in [7, 11) is 0. The molecule has 114 valence electrons. The molecule has 1 aliphatic heterocycles. The van der Waals surface area contributed by atoms with E-state index in [4.69, 9.17) is 0 Å². The normalized spacial score (nSPS) is 16.9. The van der Waals surface area contributed by atoms with Gasteiger partial charge in [-0.3, -0.25) is 9.59 Å². The number of piperidine rings is 1. The Morgan fingerprint density at radius 2 is 1.57 bits per heavy atom. The van der Waals surface area contributed by atoms with E-state index in [0.717, 1.165) is 18.4 Å². The summed E-state index contributed by atoms with van der Waals surface area (Å²) in [6.45, 7) is 9.49. The molecule has 1 fully saturated rings. The summed E-state index contributed by atoms with van der Waals surface area (Å²) in [5.41, 5.74) is 2.14. The molecular weight excluding hydrogens is 262 g/mol. The first-order chi connectivity index (χ1) is 9.79. The highest BCUT2D eigenvalue weighted by molar-refractivity contribution is 5.98. The van der Waals surface area contributed by atoms with Gasteiger partial charge in [0, 0.05) is 31.5 Å². The van der Waals surface area contributed by atoms with Crippen LogP contribution in [0.1, 0.15) is 56.5 Å². The van der Waals surface area contributed by atoms with Gasteiger partial charge >= 0.3 is 0 Å². The van der Waals surface area contributed by atoms with E-state index in [2.05, 4.69) is 32.9 Å². The number of benzene rings is 1. The third-order valence-electron chi connectivity index (χ3n) is 4.35. The minimum atomic E-state index is 0.0566. The van der Waals surface area contributed by atoms with Crippen LogP contribution in [0.4, 0.5) is 0 Å². The first-order valence-corrected chi connectivity index (χ1v) is 7.69. The minimum absolute atomic E-state index is 0.0566. The van der Waals surface area contributed by atoms with Crippen molar-refractivity contribution in [3.63, 3.8) is 0 Å². The second kappa shape index (κ2) is 6.00. The number of carbonyl (C=O) groups is 2. The molecule has 1 saturated heterocycles. The van der Waals surface area contributed by atoms with E-state index in [0.29, 0.717) is 13.1 Å². The molecule has 1 amide bonds. The second-order valence-corrected chi connectivity index (χ2v) is 6.97. The molecule has 0 saturated carbocycles. The minimum Gasteiger partial charge on any atom is -0.343 e. The number of hydrogen-bond acceptors (Lipinski definition) is 2. The van der Waals surface area contributed by atoms with Crippen molar-refractivity contribution in [2.75, 3.05) is 13.1 Å². The quantitative estimate of drug-likeness (QED) is 0.782. The summed E-state index contributed by atoms with van der Waals surface area (Å²) in [6.07, 6.45) is 1.55. The van der Waals surface area contributed by atoms with Crippen LogP contribution in [0.25, 0.3) is 0 Å². The van der Waals surface area contributed by atoms with Crippen LogP contribution in [-0.2, 0) is 10.2 Å². The van der Waals surface area contributed by atoms with Crippen molar-refractivity contribution < 1.29 is 9.59 Å². The summed E-state index contributed by atoms with van der Waals surface area (Å²) in [5, 5.41) is 0. The predicted molar refractivity (Wildman–Crippen MR) is 84.5 cm³/mol. The highest BCUT2D eigenvalue weighted by Gasteiger charge is 2.26. The van der Waals surface area contributed by atoms with Crippen molar-refractivity contribution in [3.8, 4) is 0 Å². The molecule has 0 radical (unpaired) electrons. The van der Waals surface area contributed by atoms with E-state index >= 15 is 0 Å². The molecule has 1 aliphatic rings. The van der Waals surface area contributed by atoms with E-state index in [1.54, 1.807) is 6.92 Å². The summed E-state index contributed by atoms with van der Waals surface area (Å²) >= 11 is 0. The van der Waals surface area contributed by atoms with E-state index in [-0.39, 0.29) is 23.0 Å². The van der Waals surface area contributed by atoms with Crippen LogP contribution in [0.2, 0.25) is 0 Å². The fourth-order valence-corrected chi connectivity index (χ4v) is 2.83. The van der Waals surface area contributed by atoms with Crippen molar-refractivity contribution >= 4 is 11.7 Å². The van der Waals surface area contributed by atoms with Gasteiger partial charge in [0.15, 0.2) is 5.78 Å². The number of rotatable bonds is 2. The molecule has 3 nitrogen and oxygen atoms in total. The van der Waals surface area contributed by atoms with Crippen molar-refractivity contribution in [2.24, 2.45) is 5.92 Å². The van der Waals surface area contributed by atoms with Gasteiger partial charge in [-0.15, -0.1) is 0 Å². The van der Waals surface area contributed by atoms with Crippen molar-refractivity contribution in [3.05, 3.63) is 35.4 Å². The molecule has 0 N–H and O–H groups in total. The van der Waals surface area contributed by atoms with Gasteiger partial charge in [0.05, 0.1) is 0 Å². The maximum absolute atomic E-state index is 12.5. The Kier molecular flexibility index (Phi) is 4.50. The third kappa shape index (κ3) is 3.72. The molecule has 21 heavy (non-hydrogen) atoms. The molecule has 0 unspecified atom stereocenters. The zero-order valence-electron chi connectivity index (χ0n) is 13.5. The largest absolute Gasteiger partial charge is 0.343 e. The SMILES string of the molecule is CC(=O)N1CCC(C(=O)c2ccc(C(C)(C)C)cc2)CC1. The molecule has 0 aromatic heterocycles. The fourth-order valence-electron chi connectivity index (χ4n) is 2.83. The number of hydrogen-bond donors (Lipinski definition) is 0. The topological polar surface area (TPSA) is 37.4 Å². The maximum Gasteiger partial charge on any atom is 0.219 e.